The third-order valence-corrected chi connectivity index (χ3v) is 2.82. The van der Waals surface area contributed by atoms with Gasteiger partial charge in [0.25, 0.3) is 0 Å². The van der Waals surface area contributed by atoms with E-state index in [2.05, 4.69) is 16.5 Å². The van der Waals surface area contributed by atoms with Crippen molar-refractivity contribution in [2.75, 3.05) is 19.7 Å². The minimum atomic E-state index is -0.251. The van der Waals surface area contributed by atoms with E-state index in [1.165, 1.54) is 12.0 Å². The molecule has 1 fully saturated rings. The normalized spacial score (nSPS) is 17.9. The summed E-state index contributed by atoms with van der Waals surface area (Å²) in [6.45, 7) is 4.42. The van der Waals surface area contributed by atoms with Crippen LogP contribution in [0, 0.1) is 0 Å². The van der Waals surface area contributed by atoms with Gasteiger partial charge in [-0.15, -0.1) is 0 Å². The van der Waals surface area contributed by atoms with Crippen molar-refractivity contribution >= 4 is 12.0 Å². The Balaban J connectivity index is 1.95. The molecule has 0 radical (unpaired) electrons. The zero-order valence-corrected chi connectivity index (χ0v) is 10.7. The van der Waals surface area contributed by atoms with Crippen LogP contribution < -0.4 is 5.32 Å². The fraction of sp³-hybridized carbons (Fsp3) is 0.538. The molecular formula is C13H19N3O2. The molecule has 2 heterocycles. The first-order valence-corrected chi connectivity index (χ1v) is 6.36. The Labute approximate surface area is 107 Å². The molecule has 1 N–H and O–H groups in total. The molecule has 0 spiro atoms. The molecule has 2 rings (SSSR count). The van der Waals surface area contributed by atoms with E-state index in [1.54, 1.807) is 17.8 Å². The number of aromatic nitrogens is 2. The first-order chi connectivity index (χ1) is 8.78. The van der Waals surface area contributed by atoms with E-state index in [0.717, 1.165) is 25.1 Å². The van der Waals surface area contributed by atoms with Crippen molar-refractivity contribution in [1.29, 1.82) is 0 Å². The Kier molecular flexibility index (Phi) is 4.52. The van der Waals surface area contributed by atoms with Gasteiger partial charge in [0.1, 0.15) is 6.54 Å². The van der Waals surface area contributed by atoms with Crippen molar-refractivity contribution in [1.82, 2.24) is 15.1 Å². The fourth-order valence-electron chi connectivity index (χ4n) is 2.02. The molecule has 0 amide bonds. The van der Waals surface area contributed by atoms with Crippen LogP contribution in [0.1, 0.15) is 25.3 Å². The van der Waals surface area contributed by atoms with E-state index in [0.29, 0.717) is 6.61 Å². The van der Waals surface area contributed by atoms with Gasteiger partial charge in [-0.1, -0.05) is 11.6 Å². The first kappa shape index (κ1) is 12.8. The van der Waals surface area contributed by atoms with Crippen LogP contribution in [0.3, 0.4) is 0 Å². The SMILES string of the molecule is CCOC(=O)Cn1cc(C=C2CCCNC2)cn1. The summed E-state index contributed by atoms with van der Waals surface area (Å²) in [6, 6.07) is 0. The van der Waals surface area contributed by atoms with Gasteiger partial charge in [-0.25, -0.2) is 0 Å². The van der Waals surface area contributed by atoms with E-state index >= 15 is 0 Å². The highest BCUT2D eigenvalue weighted by Gasteiger charge is 2.07. The molecule has 0 unspecified atom stereocenters. The van der Waals surface area contributed by atoms with E-state index in [9.17, 15) is 4.79 Å². The monoisotopic (exact) mass is 249 g/mol. The number of rotatable bonds is 4. The number of esters is 1. The fourth-order valence-corrected chi connectivity index (χ4v) is 2.02. The lowest BCUT2D eigenvalue weighted by molar-refractivity contribution is -0.144. The van der Waals surface area contributed by atoms with Gasteiger partial charge in [0.15, 0.2) is 0 Å². The lowest BCUT2D eigenvalue weighted by Crippen LogP contribution is -2.23. The van der Waals surface area contributed by atoms with Crippen molar-refractivity contribution in [3.8, 4) is 0 Å². The highest BCUT2D eigenvalue weighted by Crippen LogP contribution is 2.13. The lowest BCUT2D eigenvalue weighted by atomic mass is 10.0. The summed E-state index contributed by atoms with van der Waals surface area (Å²) in [4.78, 5) is 11.3. The molecule has 1 aromatic heterocycles. The van der Waals surface area contributed by atoms with Gasteiger partial charge in [-0.3, -0.25) is 9.48 Å². The number of carbonyl (C=O) groups excluding carboxylic acids is 1. The molecule has 0 bridgehead atoms. The second-order valence-corrected chi connectivity index (χ2v) is 4.36. The summed E-state index contributed by atoms with van der Waals surface area (Å²) in [5.74, 6) is -0.251. The largest absolute Gasteiger partial charge is 0.465 e. The molecule has 5 heteroatoms. The van der Waals surface area contributed by atoms with Crippen molar-refractivity contribution < 1.29 is 9.53 Å². The van der Waals surface area contributed by atoms with Gasteiger partial charge >= 0.3 is 5.97 Å². The molecule has 0 aliphatic carbocycles. The van der Waals surface area contributed by atoms with Crippen LogP contribution in [-0.4, -0.2) is 35.4 Å². The van der Waals surface area contributed by atoms with Crippen LogP contribution >= 0.6 is 0 Å². The summed E-state index contributed by atoms with van der Waals surface area (Å²) in [5, 5.41) is 7.50. The van der Waals surface area contributed by atoms with Crippen molar-refractivity contribution in [2.45, 2.75) is 26.3 Å². The molecule has 0 atom stereocenters. The Morgan fingerprint density at radius 2 is 2.56 bits per heavy atom. The quantitative estimate of drug-likeness (QED) is 0.815. The van der Waals surface area contributed by atoms with Crippen LogP contribution in [0.15, 0.2) is 18.0 Å². The topological polar surface area (TPSA) is 56.1 Å². The molecular weight excluding hydrogens is 230 g/mol. The number of hydrogen-bond acceptors (Lipinski definition) is 4. The molecule has 18 heavy (non-hydrogen) atoms. The molecule has 98 valence electrons. The Morgan fingerprint density at radius 3 is 3.28 bits per heavy atom. The molecule has 0 aromatic carbocycles. The first-order valence-electron chi connectivity index (χ1n) is 6.36. The van der Waals surface area contributed by atoms with Crippen LogP contribution in [0.4, 0.5) is 0 Å². The predicted octanol–water partition coefficient (Wildman–Crippen LogP) is 1.21. The number of nitrogens with zero attached hydrogens (tertiary/aromatic N) is 2. The highest BCUT2D eigenvalue weighted by molar-refractivity contribution is 5.69. The molecule has 0 saturated carbocycles. The number of nitrogens with one attached hydrogen (secondary N) is 1. The van der Waals surface area contributed by atoms with Gasteiger partial charge in [-0.05, 0) is 26.3 Å². The Hall–Kier alpha value is -1.62. The van der Waals surface area contributed by atoms with E-state index < -0.39 is 0 Å². The molecule has 1 aliphatic rings. The number of ether oxygens (including phenoxy) is 1. The third-order valence-electron chi connectivity index (χ3n) is 2.82. The summed E-state index contributed by atoms with van der Waals surface area (Å²) in [7, 11) is 0. The van der Waals surface area contributed by atoms with Crippen molar-refractivity contribution in [2.24, 2.45) is 0 Å². The summed E-state index contributed by atoms with van der Waals surface area (Å²) in [5.41, 5.74) is 2.43. The lowest BCUT2D eigenvalue weighted by Gasteiger charge is -2.14. The minimum Gasteiger partial charge on any atom is -0.465 e. The van der Waals surface area contributed by atoms with Crippen molar-refractivity contribution in [3.05, 3.63) is 23.5 Å². The summed E-state index contributed by atoms with van der Waals surface area (Å²) >= 11 is 0. The third kappa shape index (κ3) is 3.70. The number of hydrogen-bond donors (Lipinski definition) is 1. The van der Waals surface area contributed by atoms with Crippen molar-refractivity contribution in [3.63, 3.8) is 0 Å². The zero-order chi connectivity index (χ0) is 12.8. The van der Waals surface area contributed by atoms with Gasteiger partial charge in [0.05, 0.1) is 12.8 Å². The van der Waals surface area contributed by atoms with Gasteiger partial charge in [-0.2, -0.15) is 5.10 Å². The molecule has 1 saturated heterocycles. The van der Waals surface area contributed by atoms with Crippen LogP contribution in [0.2, 0.25) is 0 Å². The average molecular weight is 249 g/mol. The van der Waals surface area contributed by atoms with E-state index in [4.69, 9.17) is 4.74 Å². The standard InChI is InChI=1S/C13H19N3O2/c1-2-18-13(17)10-16-9-12(8-15-16)6-11-4-3-5-14-7-11/h6,8-9,14H,2-5,7,10H2,1H3. The van der Waals surface area contributed by atoms with Gasteiger partial charge in [0.2, 0.25) is 0 Å². The van der Waals surface area contributed by atoms with Crippen LogP contribution in [0.25, 0.3) is 6.08 Å². The number of piperidine rings is 1. The van der Waals surface area contributed by atoms with Gasteiger partial charge < -0.3 is 10.1 Å². The smallest absolute Gasteiger partial charge is 0.327 e. The maximum absolute atomic E-state index is 11.3. The molecule has 5 nitrogen and oxygen atoms in total. The second-order valence-electron chi connectivity index (χ2n) is 4.36. The maximum atomic E-state index is 11.3. The minimum absolute atomic E-state index is 0.176. The zero-order valence-electron chi connectivity index (χ0n) is 10.7. The summed E-state index contributed by atoms with van der Waals surface area (Å²) in [6.07, 6.45) is 8.11. The summed E-state index contributed by atoms with van der Waals surface area (Å²) < 4.78 is 6.49. The predicted molar refractivity (Wildman–Crippen MR) is 68.9 cm³/mol. The maximum Gasteiger partial charge on any atom is 0.327 e. The Bertz CT molecular complexity index is 429. The molecule has 1 aliphatic heterocycles. The van der Waals surface area contributed by atoms with E-state index in [1.807, 2.05) is 6.20 Å². The molecule has 1 aromatic rings. The van der Waals surface area contributed by atoms with E-state index in [-0.39, 0.29) is 12.5 Å². The average Bonchev–Trinajstić information content (AvgIpc) is 2.78. The Morgan fingerprint density at radius 1 is 1.67 bits per heavy atom. The van der Waals surface area contributed by atoms with Gasteiger partial charge in [0, 0.05) is 18.3 Å². The highest BCUT2D eigenvalue weighted by atomic mass is 16.5. The second kappa shape index (κ2) is 6.35. The van der Waals surface area contributed by atoms with Crippen LogP contribution in [-0.2, 0) is 16.1 Å². The number of carbonyl (C=O) groups is 1. The van der Waals surface area contributed by atoms with Crippen LogP contribution in [0.5, 0.6) is 0 Å².